The van der Waals surface area contributed by atoms with Gasteiger partial charge in [0, 0.05) is 6.20 Å². The fourth-order valence-corrected chi connectivity index (χ4v) is 0.429. The standard InChI is InChI=1S/C6H4N2.CH5N.ClH/c7-5-6-3-1-2-4-8-6;1-2;/h1-4H;2H2,1H3;1H. The van der Waals surface area contributed by atoms with Crippen molar-refractivity contribution in [2.24, 2.45) is 5.73 Å². The maximum atomic E-state index is 8.23. The second kappa shape index (κ2) is 8.89. The topological polar surface area (TPSA) is 62.7 Å². The van der Waals surface area contributed by atoms with E-state index in [1.807, 2.05) is 6.07 Å². The second-order valence-electron chi connectivity index (χ2n) is 1.33. The Morgan fingerprint density at radius 2 is 2.09 bits per heavy atom. The molecule has 1 aromatic rings. The number of hydrogen-bond donors (Lipinski definition) is 1. The Kier molecular flexibility index (Phi) is 10.1. The molecule has 0 aliphatic rings. The predicted octanol–water partition coefficient (Wildman–Crippen LogP) is 0.950. The van der Waals surface area contributed by atoms with Gasteiger partial charge in [0.1, 0.15) is 11.8 Å². The summed E-state index contributed by atoms with van der Waals surface area (Å²) in [7, 11) is 1.50. The maximum absolute atomic E-state index is 8.23. The summed E-state index contributed by atoms with van der Waals surface area (Å²) in [4.78, 5) is 3.74. The second-order valence-corrected chi connectivity index (χ2v) is 1.33. The number of pyridine rings is 1. The number of hydrogen-bond acceptors (Lipinski definition) is 3. The molecule has 0 bridgehead atoms. The van der Waals surface area contributed by atoms with Crippen LogP contribution in [0.2, 0.25) is 0 Å². The maximum Gasteiger partial charge on any atom is 0.140 e. The van der Waals surface area contributed by atoms with Crippen LogP contribution in [0.5, 0.6) is 0 Å². The SMILES string of the molecule is CN.Cl.N#Cc1ccccn1. The van der Waals surface area contributed by atoms with Crippen molar-refractivity contribution in [3.05, 3.63) is 30.1 Å². The van der Waals surface area contributed by atoms with Gasteiger partial charge in [-0.1, -0.05) is 6.07 Å². The van der Waals surface area contributed by atoms with Gasteiger partial charge in [0.2, 0.25) is 0 Å². The smallest absolute Gasteiger partial charge is 0.140 e. The molecule has 0 saturated carbocycles. The number of nitrogens with zero attached hydrogens (tertiary/aromatic N) is 2. The van der Waals surface area contributed by atoms with Gasteiger partial charge in [-0.3, -0.25) is 0 Å². The molecule has 0 saturated heterocycles. The molecule has 0 spiro atoms. The van der Waals surface area contributed by atoms with E-state index in [0.717, 1.165) is 0 Å². The highest BCUT2D eigenvalue weighted by Crippen LogP contribution is 1.86. The molecule has 0 aromatic carbocycles. The minimum absolute atomic E-state index is 0. The number of nitriles is 1. The zero-order chi connectivity index (χ0) is 7.82. The summed E-state index contributed by atoms with van der Waals surface area (Å²) < 4.78 is 0. The Labute approximate surface area is 72.3 Å². The van der Waals surface area contributed by atoms with Crippen LogP contribution < -0.4 is 5.73 Å². The van der Waals surface area contributed by atoms with Crippen LogP contribution in [0.15, 0.2) is 24.4 Å². The van der Waals surface area contributed by atoms with E-state index in [-0.39, 0.29) is 12.4 Å². The molecule has 3 nitrogen and oxygen atoms in total. The third-order valence-corrected chi connectivity index (χ3v) is 0.779. The highest BCUT2D eigenvalue weighted by atomic mass is 35.5. The molecule has 11 heavy (non-hydrogen) atoms. The van der Waals surface area contributed by atoms with Crippen molar-refractivity contribution in [3.8, 4) is 6.07 Å². The van der Waals surface area contributed by atoms with E-state index < -0.39 is 0 Å². The van der Waals surface area contributed by atoms with Crippen LogP contribution in [0.1, 0.15) is 5.69 Å². The third kappa shape index (κ3) is 5.34. The summed E-state index contributed by atoms with van der Waals surface area (Å²) in [6.07, 6.45) is 1.60. The van der Waals surface area contributed by atoms with E-state index >= 15 is 0 Å². The number of nitrogens with two attached hydrogens (primary N) is 1. The van der Waals surface area contributed by atoms with Gasteiger partial charge >= 0.3 is 0 Å². The van der Waals surface area contributed by atoms with Gasteiger partial charge in [-0.05, 0) is 19.2 Å². The molecular weight excluding hydrogens is 162 g/mol. The molecule has 4 heteroatoms. The normalized spacial score (nSPS) is 6.27. The van der Waals surface area contributed by atoms with Gasteiger partial charge in [-0.2, -0.15) is 5.26 Å². The molecule has 0 unspecified atom stereocenters. The van der Waals surface area contributed by atoms with E-state index in [1.165, 1.54) is 7.05 Å². The Morgan fingerprint density at radius 3 is 2.36 bits per heavy atom. The monoisotopic (exact) mass is 171 g/mol. The molecule has 60 valence electrons. The first-order chi connectivity index (χ1) is 4.93. The van der Waals surface area contributed by atoms with Gasteiger partial charge in [0.25, 0.3) is 0 Å². The van der Waals surface area contributed by atoms with Crippen molar-refractivity contribution in [2.45, 2.75) is 0 Å². The van der Waals surface area contributed by atoms with Crippen LogP contribution in [-0.4, -0.2) is 12.0 Å². The van der Waals surface area contributed by atoms with Crippen LogP contribution in [-0.2, 0) is 0 Å². The minimum Gasteiger partial charge on any atom is -0.333 e. The average Bonchev–Trinajstić information content (AvgIpc) is 2.10. The first kappa shape index (κ1) is 12.6. The lowest BCUT2D eigenvalue weighted by Gasteiger charge is -1.79. The van der Waals surface area contributed by atoms with Crippen LogP contribution >= 0.6 is 12.4 Å². The molecule has 0 fully saturated rings. The Bertz CT molecular complexity index is 205. The molecule has 0 atom stereocenters. The number of aromatic nitrogens is 1. The summed E-state index contributed by atoms with van der Waals surface area (Å²) >= 11 is 0. The highest BCUT2D eigenvalue weighted by Gasteiger charge is 1.81. The first-order valence-electron chi connectivity index (χ1n) is 2.82. The van der Waals surface area contributed by atoms with Gasteiger partial charge in [-0.15, -0.1) is 12.4 Å². The fraction of sp³-hybridized carbons (Fsp3) is 0.143. The minimum atomic E-state index is 0. The van der Waals surface area contributed by atoms with E-state index in [4.69, 9.17) is 5.26 Å². The fourth-order valence-electron chi connectivity index (χ4n) is 0.429. The molecule has 2 N–H and O–H groups in total. The number of halogens is 1. The summed E-state index contributed by atoms with van der Waals surface area (Å²) in [6.45, 7) is 0. The van der Waals surface area contributed by atoms with E-state index in [9.17, 15) is 0 Å². The van der Waals surface area contributed by atoms with Crippen molar-refractivity contribution >= 4 is 12.4 Å². The zero-order valence-corrected chi connectivity index (χ0v) is 7.01. The van der Waals surface area contributed by atoms with Gasteiger partial charge in [0.05, 0.1) is 0 Å². The van der Waals surface area contributed by atoms with Gasteiger partial charge in [0.15, 0.2) is 0 Å². The van der Waals surface area contributed by atoms with Crippen LogP contribution in [0.25, 0.3) is 0 Å². The summed E-state index contributed by atoms with van der Waals surface area (Å²) in [5.41, 5.74) is 4.97. The van der Waals surface area contributed by atoms with Crippen molar-refractivity contribution in [1.29, 1.82) is 5.26 Å². The molecule has 1 heterocycles. The molecule has 1 rings (SSSR count). The predicted molar refractivity (Wildman–Crippen MR) is 46.3 cm³/mol. The lowest BCUT2D eigenvalue weighted by atomic mass is 10.4. The van der Waals surface area contributed by atoms with Gasteiger partial charge < -0.3 is 5.73 Å². The van der Waals surface area contributed by atoms with Crippen molar-refractivity contribution in [3.63, 3.8) is 0 Å². The first-order valence-corrected chi connectivity index (χ1v) is 2.82. The van der Waals surface area contributed by atoms with Crippen LogP contribution in [0.4, 0.5) is 0 Å². The van der Waals surface area contributed by atoms with E-state index in [2.05, 4.69) is 10.7 Å². The molecule has 0 radical (unpaired) electrons. The van der Waals surface area contributed by atoms with Crippen molar-refractivity contribution < 1.29 is 0 Å². The van der Waals surface area contributed by atoms with Crippen LogP contribution in [0, 0.1) is 11.3 Å². The molecular formula is C7H10ClN3. The summed E-state index contributed by atoms with van der Waals surface area (Å²) in [6, 6.07) is 7.14. The zero-order valence-electron chi connectivity index (χ0n) is 6.19. The molecule has 0 aliphatic heterocycles. The summed E-state index contributed by atoms with van der Waals surface area (Å²) in [5, 5.41) is 8.23. The molecule has 0 aliphatic carbocycles. The third-order valence-electron chi connectivity index (χ3n) is 0.779. The van der Waals surface area contributed by atoms with E-state index in [1.54, 1.807) is 24.4 Å². The summed E-state index contributed by atoms with van der Waals surface area (Å²) in [5.74, 6) is 0. The largest absolute Gasteiger partial charge is 0.333 e. The molecule has 0 amide bonds. The Hall–Kier alpha value is -1.11. The lowest BCUT2D eigenvalue weighted by Crippen LogP contribution is -1.75. The lowest BCUT2D eigenvalue weighted by molar-refractivity contribution is 1.26. The van der Waals surface area contributed by atoms with Crippen LogP contribution in [0.3, 0.4) is 0 Å². The molecule has 1 aromatic heterocycles. The highest BCUT2D eigenvalue weighted by molar-refractivity contribution is 5.85. The average molecular weight is 172 g/mol. The van der Waals surface area contributed by atoms with Gasteiger partial charge in [-0.25, -0.2) is 4.98 Å². The Morgan fingerprint density at radius 1 is 1.45 bits per heavy atom. The van der Waals surface area contributed by atoms with Crippen molar-refractivity contribution in [1.82, 2.24) is 4.98 Å². The van der Waals surface area contributed by atoms with Crippen molar-refractivity contribution in [2.75, 3.05) is 7.05 Å². The Balaban J connectivity index is 0. The quantitative estimate of drug-likeness (QED) is 0.632. The number of rotatable bonds is 0. The van der Waals surface area contributed by atoms with E-state index in [0.29, 0.717) is 5.69 Å².